The Bertz CT molecular complexity index is 1270. The quantitative estimate of drug-likeness (QED) is 0.292. The largest absolute Gasteiger partial charge is 0.322 e. The Morgan fingerprint density at radius 1 is 1.03 bits per heavy atom. The predicted molar refractivity (Wildman–Crippen MR) is 121 cm³/mol. The van der Waals surface area contributed by atoms with Crippen LogP contribution in [0.15, 0.2) is 77.3 Å². The van der Waals surface area contributed by atoms with Gasteiger partial charge >= 0.3 is 0 Å². The van der Waals surface area contributed by atoms with Gasteiger partial charge in [0.25, 0.3) is 11.6 Å². The number of aryl methyl sites for hydroxylation is 1. The average Bonchev–Trinajstić information content (AvgIpc) is 2.74. The molecule has 148 valence electrons. The summed E-state index contributed by atoms with van der Waals surface area (Å²) in [4.78, 5) is 28.3. The smallest absolute Gasteiger partial charge is 0.269 e. The molecule has 0 fully saturated rings. The van der Waals surface area contributed by atoms with Gasteiger partial charge in [0.1, 0.15) is 0 Å². The van der Waals surface area contributed by atoms with E-state index in [1.807, 2.05) is 49.4 Å². The van der Waals surface area contributed by atoms with Gasteiger partial charge in [0, 0.05) is 33.2 Å². The molecular weight excluding hydrogens is 446 g/mol. The van der Waals surface area contributed by atoms with Gasteiger partial charge in [-0.3, -0.25) is 14.9 Å². The van der Waals surface area contributed by atoms with Crippen LogP contribution in [0.5, 0.6) is 0 Å². The van der Waals surface area contributed by atoms with Crippen LogP contribution < -0.4 is 5.32 Å². The van der Waals surface area contributed by atoms with E-state index >= 15 is 0 Å². The summed E-state index contributed by atoms with van der Waals surface area (Å²) >= 11 is 3.43. The molecule has 0 radical (unpaired) electrons. The Labute approximate surface area is 180 Å². The molecule has 1 aromatic heterocycles. The summed E-state index contributed by atoms with van der Waals surface area (Å²) in [5.41, 5.74) is 4.25. The van der Waals surface area contributed by atoms with Crippen molar-refractivity contribution in [2.45, 2.75) is 6.92 Å². The van der Waals surface area contributed by atoms with Crippen LogP contribution in [0.3, 0.4) is 0 Å². The van der Waals surface area contributed by atoms with Crippen molar-refractivity contribution in [2.24, 2.45) is 0 Å². The van der Waals surface area contributed by atoms with Crippen LogP contribution in [-0.2, 0) is 0 Å². The molecule has 0 aliphatic rings. The Morgan fingerprint density at radius 3 is 2.40 bits per heavy atom. The number of carbonyl (C=O) groups is 1. The molecule has 0 bridgehead atoms. The predicted octanol–water partition coefficient (Wildman–Crippen LogP) is 6.13. The van der Waals surface area contributed by atoms with Gasteiger partial charge in [-0.05, 0) is 42.8 Å². The van der Waals surface area contributed by atoms with Gasteiger partial charge in [-0.1, -0.05) is 46.3 Å². The van der Waals surface area contributed by atoms with Crippen LogP contribution >= 0.6 is 15.9 Å². The van der Waals surface area contributed by atoms with E-state index in [0.717, 1.165) is 26.5 Å². The summed E-state index contributed by atoms with van der Waals surface area (Å²) in [6.45, 7) is 1.96. The lowest BCUT2D eigenvalue weighted by Gasteiger charge is -2.12. The molecule has 0 spiro atoms. The molecule has 3 aromatic carbocycles. The SMILES string of the molecule is Cc1cccc2c(C(=O)Nc3ccc([N+](=O)[O-])cc3)cc(-c3ccc(Br)cc3)nc12. The molecule has 0 atom stereocenters. The minimum absolute atomic E-state index is 0.0319. The summed E-state index contributed by atoms with van der Waals surface area (Å²) in [5, 5.41) is 14.4. The zero-order valence-electron chi connectivity index (χ0n) is 15.9. The molecule has 0 saturated heterocycles. The molecule has 0 aliphatic heterocycles. The number of rotatable bonds is 4. The second-order valence-electron chi connectivity index (χ2n) is 6.79. The molecule has 7 heteroatoms. The number of nitro groups is 1. The Morgan fingerprint density at radius 2 is 1.73 bits per heavy atom. The molecule has 30 heavy (non-hydrogen) atoms. The van der Waals surface area contributed by atoms with Gasteiger partial charge in [0.2, 0.25) is 0 Å². The van der Waals surface area contributed by atoms with Crippen LogP contribution in [0.2, 0.25) is 0 Å². The standard InChI is InChI=1S/C23H16BrN3O3/c1-14-3-2-4-19-20(23(28)25-17-9-11-18(12-10-17)27(29)30)13-21(26-22(14)19)15-5-7-16(24)8-6-15/h2-13H,1H3,(H,25,28). The number of pyridine rings is 1. The van der Waals surface area contributed by atoms with Crippen molar-refractivity contribution >= 4 is 44.1 Å². The van der Waals surface area contributed by atoms with E-state index < -0.39 is 4.92 Å². The topological polar surface area (TPSA) is 85.1 Å². The van der Waals surface area contributed by atoms with Crippen molar-refractivity contribution < 1.29 is 9.72 Å². The third kappa shape index (κ3) is 3.92. The van der Waals surface area contributed by atoms with Gasteiger partial charge in [-0.2, -0.15) is 0 Å². The number of anilines is 1. The molecule has 4 rings (SSSR count). The summed E-state index contributed by atoms with van der Waals surface area (Å²) in [6.07, 6.45) is 0. The highest BCUT2D eigenvalue weighted by Gasteiger charge is 2.16. The Kier molecular flexibility index (Phi) is 5.29. The monoisotopic (exact) mass is 461 g/mol. The number of para-hydroxylation sites is 1. The summed E-state index contributed by atoms with van der Waals surface area (Å²) < 4.78 is 0.958. The third-order valence-electron chi connectivity index (χ3n) is 4.76. The van der Waals surface area contributed by atoms with Crippen LogP contribution in [-0.4, -0.2) is 15.8 Å². The van der Waals surface area contributed by atoms with Crippen molar-refractivity contribution in [3.05, 3.63) is 98.5 Å². The van der Waals surface area contributed by atoms with E-state index in [4.69, 9.17) is 4.98 Å². The third-order valence-corrected chi connectivity index (χ3v) is 5.29. The van der Waals surface area contributed by atoms with E-state index in [9.17, 15) is 14.9 Å². The molecule has 1 amide bonds. The minimum Gasteiger partial charge on any atom is -0.322 e. The van der Waals surface area contributed by atoms with E-state index in [1.165, 1.54) is 24.3 Å². The zero-order chi connectivity index (χ0) is 21.3. The van der Waals surface area contributed by atoms with E-state index in [0.29, 0.717) is 16.9 Å². The molecular formula is C23H16BrN3O3. The number of fused-ring (bicyclic) bond motifs is 1. The number of nitro benzene ring substituents is 1. The highest BCUT2D eigenvalue weighted by Crippen LogP contribution is 2.28. The van der Waals surface area contributed by atoms with Gasteiger partial charge in [0.05, 0.1) is 21.7 Å². The fourth-order valence-electron chi connectivity index (χ4n) is 3.21. The first-order chi connectivity index (χ1) is 14.4. The zero-order valence-corrected chi connectivity index (χ0v) is 17.5. The van der Waals surface area contributed by atoms with Crippen LogP contribution in [0.25, 0.3) is 22.2 Å². The van der Waals surface area contributed by atoms with Crippen molar-refractivity contribution in [1.82, 2.24) is 4.98 Å². The molecule has 1 heterocycles. The van der Waals surface area contributed by atoms with Gasteiger partial charge in [-0.15, -0.1) is 0 Å². The molecule has 0 aliphatic carbocycles. The minimum atomic E-state index is -0.477. The van der Waals surface area contributed by atoms with Crippen LogP contribution in [0.1, 0.15) is 15.9 Å². The van der Waals surface area contributed by atoms with Crippen LogP contribution in [0.4, 0.5) is 11.4 Å². The van der Waals surface area contributed by atoms with Crippen molar-refractivity contribution in [3.63, 3.8) is 0 Å². The number of carbonyl (C=O) groups excluding carboxylic acids is 1. The van der Waals surface area contributed by atoms with Crippen molar-refractivity contribution in [3.8, 4) is 11.3 Å². The maximum atomic E-state index is 13.1. The van der Waals surface area contributed by atoms with Crippen molar-refractivity contribution in [1.29, 1.82) is 0 Å². The number of nitrogens with one attached hydrogen (secondary N) is 1. The maximum Gasteiger partial charge on any atom is 0.269 e. The van der Waals surface area contributed by atoms with Gasteiger partial charge in [-0.25, -0.2) is 4.98 Å². The first kappa shape index (κ1) is 19.7. The molecule has 0 saturated carbocycles. The Balaban J connectivity index is 1.78. The fourth-order valence-corrected chi connectivity index (χ4v) is 3.48. The van der Waals surface area contributed by atoms with Crippen molar-refractivity contribution in [2.75, 3.05) is 5.32 Å². The lowest BCUT2D eigenvalue weighted by Crippen LogP contribution is -2.13. The number of halogens is 1. The lowest BCUT2D eigenvalue weighted by atomic mass is 10.0. The maximum absolute atomic E-state index is 13.1. The second kappa shape index (κ2) is 8.04. The number of hydrogen-bond donors (Lipinski definition) is 1. The Hall–Kier alpha value is -3.58. The number of amides is 1. The summed E-state index contributed by atoms with van der Waals surface area (Å²) in [5.74, 6) is -0.305. The van der Waals surface area contributed by atoms with E-state index in [1.54, 1.807) is 6.07 Å². The molecule has 4 aromatic rings. The second-order valence-corrected chi connectivity index (χ2v) is 7.71. The number of non-ortho nitro benzene ring substituents is 1. The summed E-state index contributed by atoms with van der Waals surface area (Å²) in [7, 11) is 0. The molecule has 6 nitrogen and oxygen atoms in total. The average molecular weight is 462 g/mol. The number of hydrogen-bond acceptors (Lipinski definition) is 4. The first-order valence-corrected chi connectivity index (χ1v) is 9.94. The first-order valence-electron chi connectivity index (χ1n) is 9.14. The number of nitrogens with zero attached hydrogens (tertiary/aromatic N) is 2. The highest BCUT2D eigenvalue weighted by molar-refractivity contribution is 9.10. The van der Waals surface area contributed by atoms with Gasteiger partial charge < -0.3 is 5.32 Å². The van der Waals surface area contributed by atoms with Crippen LogP contribution in [0, 0.1) is 17.0 Å². The summed E-state index contributed by atoms with van der Waals surface area (Å²) in [6, 6.07) is 21.0. The van der Waals surface area contributed by atoms with Gasteiger partial charge in [0.15, 0.2) is 0 Å². The molecule has 1 N–H and O–H groups in total. The highest BCUT2D eigenvalue weighted by atomic mass is 79.9. The normalized spacial score (nSPS) is 10.7. The lowest BCUT2D eigenvalue weighted by molar-refractivity contribution is -0.384. The van der Waals surface area contributed by atoms with E-state index in [-0.39, 0.29) is 11.6 Å². The molecule has 0 unspecified atom stereocenters. The van der Waals surface area contributed by atoms with E-state index in [2.05, 4.69) is 21.2 Å². The fraction of sp³-hybridized carbons (Fsp3) is 0.0435. The number of benzene rings is 3. The number of aromatic nitrogens is 1.